The van der Waals surface area contributed by atoms with Gasteiger partial charge in [-0.2, -0.15) is 0 Å². The van der Waals surface area contributed by atoms with E-state index in [4.69, 9.17) is 9.47 Å². The van der Waals surface area contributed by atoms with E-state index in [2.05, 4.69) is 15.0 Å². The Kier molecular flexibility index (Phi) is 3.76. The molecule has 1 saturated heterocycles. The lowest BCUT2D eigenvalue weighted by Crippen LogP contribution is -2.14. The summed E-state index contributed by atoms with van der Waals surface area (Å²) >= 11 is 0. The smallest absolute Gasteiger partial charge is 0.230 e. The van der Waals surface area contributed by atoms with Crippen LogP contribution in [0.5, 0.6) is 0 Å². The summed E-state index contributed by atoms with van der Waals surface area (Å²) < 4.78 is 15.5. The van der Waals surface area contributed by atoms with Crippen LogP contribution in [-0.2, 0) is 20.7 Å². The van der Waals surface area contributed by atoms with Gasteiger partial charge in [0, 0.05) is 17.3 Å². The molecule has 0 saturated carbocycles. The van der Waals surface area contributed by atoms with E-state index in [1.807, 2.05) is 24.3 Å². The third-order valence-electron chi connectivity index (χ3n) is 2.90. The van der Waals surface area contributed by atoms with Crippen molar-refractivity contribution in [1.82, 2.24) is 5.16 Å². The average Bonchev–Trinajstić information content (AvgIpc) is 3.11. The molecule has 0 radical (unpaired) electrons. The molecule has 1 amide bonds. The third kappa shape index (κ3) is 3.04. The Morgan fingerprint density at radius 3 is 2.90 bits per heavy atom. The number of nitrogens with one attached hydrogen (secondary N) is 1. The quantitative estimate of drug-likeness (QED) is 0.921. The first kappa shape index (κ1) is 12.8. The Morgan fingerprint density at radius 2 is 2.15 bits per heavy atom. The van der Waals surface area contributed by atoms with Crippen LogP contribution < -0.4 is 5.32 Å². The van der Waals surface area contributed by atoms with Crippen LogP contribution in [0.15, 0.2) is 41.1 Å². The van der Waals surface area contributed by atoms with E-state index in [9.17, 15) is 4.79 Å². The lowest BCUT2D eigenvalue weighted by molar-refractivity contribution is -0.115. The fraction of sp³-hybridized carbons (Fsp3) is 0.286. The summed E-state index contributed by atoms with van der Waals surface area (Å²) in [5, 5.41) is 6.51. The number of amides is 1. The number of hydrogen-bond donors (Lipinski definition) is 1. The molecule has 0 aliphatic carbocycles. The van der Waals surface area contributed by atoms with Crippen molar-refractivity contribution in [1.29, 1.82) is 0 Å². The monoisotopic (exact) mass is 274 g/mol. The molecule has 6 heteroatoms. The number of ether oxygens (including phenoxy) is 2. The van der Waals surface area contributed by atoms with E-state index < -0.39 is 0 Å². The van der Waals surface area contributed by atoms with Crippen LogP contribution in [0.25, 0.3) is 0 Å². The first-order valence-corrected chi connectivity index (χ1v) is 6.33. The minimum absolute atomic E-state index is 0.149. The number of aromatic nitrogens is 1. The molecule has 1 aliphatic heterocycles. The van der Waals surface area contributed by atoms with Gasteiger partial charge in [0.15, 0.2) is 6.29 Å². The molecule has 0 bridgehead atoms. The highest BCUT2D eigenvalue weighted by atomic mass is 16.7. The molecule has 1 N–H and O–H groups in total. The van der Waals surface area contributed by atoms with Gasteiger partial charge in [-0.15, -0.1) is 0 Å². The van der Waals surface area contributed by atoms with Crippen molar-refractivity contribution in [2.75, 3.05) is 18.5 Å². The summed E-state index contributed by atoms with van der Waals surface area (Å²) in [4.78, 5) is 11.9. The van der Waals surface area contributed by atoms with Crippen LogP contribution in [0.1, 0.15) is 17.5 Å². The van der Waals surface area contributed by atoms with Crippen LogP contribution in [0.2, 0.25) is 0 Å². The van der Waals surface area contributed by atoms with Gasteiger partial charge >= 0.3 is 0 Å². The molecule has 20 heavy (non-hydrogen) atoms. The molecule has 104 valence electrons. The Morgan fingerprint density at radius 1 is 1.30 bits per heavy atom. The molecule has 1 aliphatic rings. The molecular weight excluding hydrogens is 260 g/mol. The fourth-order valence-corrected chi connectivity index (χ4v) is 2.01. The molecule has 3 rings (SSSR count). The molecular formula is C14H14N2O4. The second kappa shape index (κ2) is 5.85. The van der Waals surface area contributed by atoms with Gasteiger partial charge in [0.05, 0.1) is 25.3 Å². The van der Waals surface area contributed by atoms with Crippen LogP contribution in [0.4, 0.5) is 5.69 Å². The zero-order chi connectivity index (χ0) is 13.8. The van der Waals surface area contributed by atoms with Crippen LogP contribution in [0.3, 0.4) is 0 Å². The van der Waals surface area contributed by atoms with Gasteiger partial charge < -0.3 is 19.3 Å². The lowest BCUT2D eigenvalue weighted by atomic mass is 10.2. The summed E-state index contributed by atoms with van der Waals surface area (Å²) in [5.41, 5.74) is 2.19. The van der Waals surface area contributed by atoms with E-state index in [0.717, 1.165) is 5.56 Å². The number of carbonyl (C=O) groups excluding carboxylic acids is 1. The molecule has 0 spiro atoms. The number of hydrogen-bond acceptors (Lipinski definition) is 5. The van der Waals surface area contributed by atoms with Crippen molar-refractivity contribution in [3.05, 3.63) is 47.9 Å². The SMILES string of the molecule is O=C(Cc1ccon1)Nc1cccc(C2OCCO2)c1. The summed E-state index contributed by atoms with van der Waals surface area (Å²) in [7, 11) is 0. The Balaban J connectivity index is 1.64. The molecule has 0 atom stereocenters. The zero-order valence-corrected chi connectivity index (χ0v) is 10.7. The minimum Gasteiger partial charge on any atom is -0.364 e. The molecule has 6 nitrogen and oxygen atoms in total. The van der Waals surface area contributed by atoms with Gasteiger partial charge in [-0.25, -0.2) is 0 Å². The zero-order valence-electron chi connectivity index (χ0n) is 10.7. The Labute approximate surface area is 115 Å². The number of carbonyl (C=O) groups is 1. The maximum absolute atomic E-state index is 11.9. The second-order valence-electron chi connectivity index (χ2n) is 4.41. The predicted molar refractivity (Wildman–Crippen MR) is 69.9 cm³/mol. The summed E-state index contributed by atoms with van der Waals surface area (Å²) in [5.74, 6) is -0.149. The number of rotatable bonds is 4. The lowest BCUT2D eigenvalue weighted by Gasteiger charge is -2.11. The van der Waals surface area contributed by atoms with Crippen LogP contribution in [0, 0.1) is 0 Å². The van der Waals surface area contributed by atoms with Crippen molar-refractivity contribution in [2.45, 2.75) is 12.7 Å². The first-order valence-electron chi connectivity index (χ1n) is 6.33. The van der Waals surface area contributed by atoms with E-state index in [1.54, 1.807) is 6.07 Å². The van der Waals surface area contributed by atoms with Crippen LogP contribution in [-0.4, -0.2) is 24.3 Å². The number of anilines is 1. The van der Waals surface area contributed by atoms with Gasteiger partial charge in [-0.1, -0.05) is 17.3 Å². The largest absolute Gasteiger partial charge is 0.364 e. The highest BCUT2D eigenvalue weighted by Gasteiger charge is 2.18. The molecule has 1 aromatic carbocycles. The molecule has 1 fully saturated rings. The Hall–Kier alpha value is -2.18. The summed E-state index contributed by atoms with van der Waals surface area (Å²) in [6.45, 7) is 1.18. The van der Waals surface area contributed by atoms with Crippen molar-refractivity contribution in [3.63, 3.8) is 0 Å². The average molecular weight is 274 g/mol. The third-order valence-corrected chi connectivity index (χ3v) is 2.90. The topological polar surface area (TPSA) is 73.6 Å². The van der Waals surface area contributed by atoms with Gasteiger partial charge in [0.1, 0.15) is 6.26 Å². The van der Waals surface area contributed by atoms with Crippen molar-refractivity contribution >= 4 is 11.6 Å². The molecule has 2 aromatic rings. The standard InChI is InChI=1S/C14H14N2O4/c17-13(9-12-4-5-20-16-12)15-11-3-1-2-10(8-11)14-18-6-7-19-14/h1-5,8,14H,6-7,9H2,(H,15,17). The van der Waals surface area contributed by atoms with Gasteiger partial charge in [0.2, 0.25) is 5.91 Å². The minimum atomic E-state index is -0.345. The van der Waals surface area contributed by atoms with Gasteiger partial charge in [-0.3, -0.25) is 4.79 Å². The summed E-state index contributed by atoms with van der Waals surface area (Å²) in [6, 6.07) is 9.08. The van der Waals surface area contributed by atoms with Crippen molar-refractivity contribution in [2.24, 2.45) is 0 Å². The number of nitrogens with zero attached hydrogens (tertiary/aromatic N) is 1. The predicted octanol–water partition coefficient (Wildman–Crippen LogP) is 1.90. The normalized spacial score (nSPS) is 15.4. The number of benzene rings is 1. The van der Waals surface area contributed by atoms with E-state index in [-0.39, 0.29) is 18.6 Å². The maximum atomic E-state index is 11.9. The molecule has 2 heterocycles. The van der Waals surface area contributed by atoms with Crippen molar-refractivity contribution < 1.29 is 18.8 Å². The van der Waals surface area contributed by atoms with Gasteiger partial charge in [0.25, 0.3) is 0 Å². The molecule has 0 unspecified atom stereocenters. The van der Waals surface area contributed by atoms with E-state index in [1.165, 1.54) is 6.26 Å². The van der Waals surface area contributed by atoms with Gasteiger partial charge in [-0.05, 0) is 12.1 Å². The van der Waals surface area contributed by atoms with Crippen LogP contribution >= 0.6 is 0 Å². The highest BCUT2D eigenvalue weighted by Crippen LogP contribution is 2.25. The van der Waals surface area contributed by atoms with Crippen molar-refractivity contribution in [3.8, 4) is 0 Å². The fourth-order valence-electron chi connectivity index (χ4n) is 2.01. The Bertz CT molecular complexity index is 577. The highest BCUT2D eigenvalue weighted by molar-refractivity contribution is 5.92. The maximum Gasteiger partial charge on any atom is 0.230 e. The summed E-state index contributed by atoms with van der Waals surface area (Å²) in [6.07, 6.45) is 1.28. The second-order valence-corrected chi connectivity index (χ2v) is 4.41. The molecule has 1 aromatic heterocycles. The first-order chi connectivity index (χ1) is 9.81. The van der Waals surface area contributed by atoms with E-state index in [0.29, 0.717) is 24.6 Å². The van der Waals surface area contributed by atoms with E-state index >= 15 is 0 Å².